The lowest BCUT2D eigenvalue weighted by Crippen LogP contribution is -2.46. The first-order chi connectivity index (χ1) is 10.7. The third-order valence-electron chi connectivity index (χ3n) is 4.21. The second kappa shape index (κ2) is 6.87. The van der Waals surface area contributed by atoms with Gasteiger partial charge in [-0.15, -0.1) is 0 Å². The fourth-order valence-electron chi connectivity index (χ4n) is 2.95. The monoisotopic (exact) mass is 303 g/mol. The van der Waals surface area contributed by atoms with E-state index in [-0.39, 0.29) is 17.7 Å². The molecule has 0 spiro atoms. The molecular weight excluding hydrogens is 282 g/mol. The van der Waals surface area contributed by atoms with Crippen LogP contribution in [0.3, 0.4) is 0 Å². The summed E-state index contributed by atoms with van der Waals surface area (Å²) < 4.78 is 0. The molecule has 0 saturated carbocycles. The first kappa shape index (κ1) is 15.0. The van der Waals surface area contributed by atoms with Crippen LogP contribution in [-0.4, -0.2) is 53.0 Å². The number of carbonyl (C=O) groups is 2. The van der Waals surface area contributed by atoms with Gasteiger partial charge < -0.3 is 4.90 Å². The highest BCUT2D eigenvalue weighted by Gasteiger charge is 2.34. The van der Waals surface area contributed by atoms with Crippen LogP contribution in [0.5, 0.6) is 0 Å². The van der Waals surface area contributed by atoms with Crippen molar-refractivity contribution in [1.29, 1.82) is 0 Å². The van der Waals surface area contributed by atoms with Crippen molar-refractivity contribution in [1.82, 2.24) is 14.9 Å². The van der Waals surface area contributed by atoms with E-state index in [1.54, 1.807) is 11.1 Å². The molecule has 1 aromatic heterocycles. The highest BCUT2D eigenvalue weighted by molar-refractivity contribution is 5.83. The smallest absolute Gasteiger partial charge is 0.251 e. The fourth-order valence-corrected chi connectivity index (χ4v) is 2.95. The average molecular weight is 303 g/mol. The van der Waals surface area contributed by atoms with Gasteiger partial charge in [-0.2, -0.15) is 0 Å². The SMILES string of the molecule is O=C1CCC(C(=O)N2CCCO2)CN1CCc1ccccn1. The van der Waals surface area contributed by atoms with Crippen molar-refractivity contribution in [2.45, 2.75) is 25.7 Å². The van der Waals surface area contributed by atoms with Crippen molar-refractivity contribution in [2.24, 2.45) is 5.92 Å². The molecule has 2 aliphatic heterocycles. The number of hydrogen-bond donors (Lipinski definition) is 0. The maximum atomic E-state index is 12.4. The van der Waals surface area contributed by atoms with E-state index >= 15 is 0 Å². The summed E-state index contributed by atoms with van der Waals surface area (Å²) in [4.78, 5) is 35.8. The molecule has 6 nitrogen and oxygen atoms in total. The summed E-state index contributed by atoms with van der Waals surface area (Å²) >= 11 is 0. The number of carbonyl (C=O) groups excluding carboxylic acids is 2. The van der Waals surface area contributed by atoms with Crippen molar-refractivity contribution in [3.63, 3.8) is 0 Å². The van der Waals surface area contributed by atoms with Gasteiger partial charge in [-0.05, 0) is 25.0 Å². The van der Waals surface area contributed by atoms with E-state index in [4.69, 9.17) is 4.84 Å². The number of pyridine rings is 1. The van der Waals surface area contributed by atoms with Crippen LogP contribution in [0.25, 0.3) is 0 Å². The molecule has 1 aromatic rings. The number of hydroxylamine groups is 2. The molecule has 3 heterocycles. The van der Waals surface area contributed by atoms with Crippen LogP contribution in [-0.2, 0) is 20.8 Å². The summed E-state index contributed by atoms with van der Waals surface area (Å²) in [7, 11) is 0. The van der Waals surface area contributed by atoms with E-state index in [1.165, 1.54) is 5.06 Å². The molecular formula is C16H21N3O3. The number of hydrogen-bond acceptors (Lipinski definition) is 4. The third kappa shape index (κ3) is 3.44. The molecule has 3 rings (SSSR count). The van der Waals surface area contributed by atoms with Crippen LogP contribution in [0, 0.1) is 5.92 Å². The lowest BCUT2D eigenvalue weighted by molar-refractivity contribution is -0.175. The highest BCUT2D eigenvalue weighted by Crippen LogP contribution is 2.21. The van der Waals surface area contributed by atoms with Crippen molar-refractivity contribution >= 4 is 11.8 Å². The fraction of sp³-hybridized carbons (Fsp3) is 0.562. The van der Waals surface area contributed by atoms with Gasteiger partial charge in [0.1, 0.15) is 0 Å². The molecule has 2 saturated heterocycles. The second-order valence-corrected chi connectivity index (χ2v) is 5.77. The minimum absolute atomic E-state index is 0.0211. The van der Waals surface area contributed by atoms with Crippen molar-refractivity contribution < 1.29 is 14.4 Å². The molecule has 118 valence electrons. The number of likely N-dealkylation sites (tertiary alicyclic amines) is 1. The van der Waals surface area contributed by atoms with Crippen molar-refractivity contribution in [2.75, 3.05) is 26.2 Å². The Morgan fingerprint density at radius 3 is 3.05 bits per heavy atom. The van der Waals surface area contributed by atoms with Crippen LogP contribution in [0.15, 0.2) is 24.4 Å². The largest absolute Gasteiger partial charge is 0.342 e. The first-order valence-electron chi connectivity index (χ1n) is 7.86. The standard InChI is InChI=1S/C16H21N3O3/c20-15-6-5-13(16(21)19-9-3-11-22-19)12-18(15)10-7-14-4-1-2-8-17-14/h1-2,4,8,13H,3,5-7,9-12H2. The lowest BCUT2D eigenvalue weighted by Gasteiger charge is -2.33. The van der Waals surface area contributed by atoms with Gasteiger partial charge in [-0.1, -0.05) is 6.07 Å². The van der Waals surface area contributed by atoms with Gasteiger partial charge in [0.05, 0.1) is 19.1 Å². The number of piperidine rings is 1. The van der Waals surface area contributed by atoms with Gasteiger partial charge >= 0.3 is 0 Å². The molecule has 2 aliphatic rings. The normalized spacial score (nSPS) is 22.2. The first-order valence-corrected chi connectivity index (χ1v) is 7.86. The van der Waals surface area contributed by atoms with Crippen LogP contribution < -0.4 is 0 Å². The molecule has 6 heteroatoms. The summed E-state index contributed by atoms with van der Waals surface area (Å²) in [6, 6.07) is 5.77. The predicted molar refractivity (Wildman–Crippen MR) is 79.5 cm³/mol. The summed E-state index contributed by atoms with van der Waals surface area (Å²) in [6.45, 7) is 2.38. The van der Waals surface area contributed by atoms with E-state index in [2.05, 4.69) is 4.98 Å². The Bertz CT molecular complexity index is 529. The predicted octanol–water partition coefficient (Wildman–Crippen LogP) is 1.03. The molecule has 0 aromatic carbocycles. The molecule has 2 amide bonds. The molecule has 1 atom stereocenters. The van der Waals surface area contributed by atoms with Gasteiger partial charge in [0.25, 0.3) is 5.91 Å². The Labute approximate surface area is 130 Å². The number of nitrogens with zero attached hydrogens (tertiary/aromatic N) is 3. The average Bonchev–Trinajstić information content (AvgIpc) is 3.09. The molecule has 1 unspecified atom stereocenters. The zero-order valence-electron chi connectivity index (χ0n) is 12.6. The Morgan fingerprint density at radius 2 is 2.32 bits per heavy atom. The van der Waals surface area contributed by atoms with E-state index in [0.29, 0.717) is 45.5 Å². The molecule has 0 radical (unpaired) electrons. The van der Waals surface area contributed by atoms with Gasteiger partial charge in [0.2, 0.25) is 5.91 Å². The van der Waals surface area contributed by atoms with Crippen molar-refractivity contribution in [3.05, 3.63) is 30.1 Å². The minimum atomic E-state index is -0.139. The van der Waals surface area contributed by atoms with E-state index in [9.17, 15) is 9.59 Å². The van der Waals surface area contributed by atoms with E-state index < -0.39 is 0 Å². The zero-order valence-corrected chi connectivity index (χ0v) is 12.6. The maximum absolute atomic E-state index is 12.4. The summed E-state index contributed by atoms with van der Waals surface area (Å²) in [6.07, 6.45) is 4.42. The van der Waals surface area contributed by atoms with Crippen molar-refractivity contribution in [3.8, 4) is 0 Å². The topological polar surface area (TPSA) is 62.7 Å². The van der Waals surface area contributed by atoms with Gasteiger partial charge in [-0.3, -0.25) is 19.4 Å². The van der Waals surface area contributed by atoms with E-state index in [0.717, 1.165) is 12.1 Å². The number of rotatable bonds is 4. The quantitative estimate of drug-likeness (QED) is 0.833. The molecule has 22 heavy (non-hydrogen) atoms. The molecule has 2 fully saturated rings. The number of aromatic nitrogens is 1. The maximum Gasteiger partial charge on any atom is 0.251 e. The van der Waals surface area contributed by atoms with Gasteiger partial charge in [0, 0.05) is 37.8 Å². The van der Waals surface area contributed by atoms with Crippen LogP contribution in [0.4, 0.5) is 0 Å². The van der Waals surface area contributed by atoms with Crippen LogP contribution >= 0.6 is 0 Å². The second-order valence-electron chi connectivity index (χ2n) is 5.77. The Balaban J connectivity index is 1.56. The molecule has 0 N–H and O–H groups in total. The Morgan fingerprint density at radius 1 is 1.41 bits per heavy atom. The van der Waals surface area contributed by atoms with E-state index in [1.807, 2.05) is 18.2 Å². The molecule has 0 bridgehead atoms. The third-order valence-corrected chi connectivity index (χ3v) is 4.21. The van der Waals surface area contributed by atoms with Crippen LogP contribution in [0.2, 0.25) is 0 Å². The lowest BCUT2D eigenvalue weighted by atomic mass is 9.96. The summed E-state index contributed by atoms with van der Waals surface area (Å²) in [5.41, 5.74) is 0.964. The minimum Gasteiger partial charge on any atom is -0.342 e. The Kier molecular flexibility index (Phi) is 4.68. The van der Waals surface area contributed by atoms with Gasteiger partial charge in [0.15, 0.2) is 0 Å². The number of amides is 2. The molecule has 0 aliphatic carbocycles. The van der Waals surface area contributed by atoms with Gasteiger partial charge in [-0.25, -0.2) is 5.06 Å². The summed E-state index contributed by atoms with van der Waals surface area (Å²) in [5, 5.41) is 1.47. The zero-order chi connectivity index (χ0) is 15.4. The highest BCUT2D eigenvalue weighted by atomic mass is 16.7. The summed E-state index contributed by atoms with van der Waals surface area (Å²) in [5.74, 6) is 0.00897. The Hall–Kier alpha value is -1.95. The van der Waals surface area contributed by atoms with Crippen LogP contribution in [0.1, 0.15) is 25.0 Å².